The number of piperidine rings is 1. The van der Waals surface area contributed by atoms with Crippen LogP contribution in [0, 0.1) is 5.92 Å². The summed E-state index contributed by atoms with van der Waals surface area (Å²) in [4.78, 5) is 38.4. The van der Waals surface area contributed by atoms with E-state index in [0.717, 1.165) is 57.9 Å². The zero-order valence-corrected chi connectivity index (χ0v) is 21.0. The molecule has 2 aliphatic heterocycles. The number of anilines is 1. The molecule has 1 atom stereocenters. The van der Waals surface area contributed by atoms with E-state index < -0.39 is 5.60 Å². The van der Waals surface area contributed by atoms with Crippen LogP contribution in [-0.4, -0.2) is 95.7 Å². The fraction of sp³-hybridized carbons (Fsp3) is 0.720. The summed E-state index contributed by atoms with van der Waals surface area (Å²) in [6, 6.07) is 6.01. The molecule has 2 fully saturated rings. The van der Waals surface area contributed by atoms with Crippen molar-refractivity contribution in [2.24, 2.45) is 5.92 Å². The number of hydrogen-bond donors (Lipinski definition) is 0. The van der Waals surface area contributed by atoms with Gasteiger partial charge in [0, 0.05) is 51.5 Å². The van der Waals surface area contributed by atoms with Gasteiger partial charge in [-0.1, -0.05) is 6.07 Å². The van der Waals surface area contributed by atoms with Crippen molar-refractivity contribution in [3.05, 3.63) is 24.4 Å². The zero-order chi connectivity index (χ0) is 24.0. The van der Waals surface area contributed by atoms with Gasteiger partial charge in [0.05, 0.1) is 6.54 Å². The number of carbonyl (C=O) groups excluding carboxylic acids is 2. The molecule has 2 saturated heterocycles. The largest absolute Gasteiger partial charge is 0.444 e. The lowest BCUT2D eigenvalue weighted by Crippen LogP contribution is -2.53. The Morgan fingerprint density at radius 3 is 2.48 bits per heavy atom. The molecule has 1 unspecified atom stereocenters. The predicted octanol–water partition coefficient (Wildman–Crippen LogP) is 3.09. The Balaban J connectivity index is 1.48. The number of aromatic nitrogens is 1. The molecule has 0 aliphatic carbocycles. The third kappa shape index (κ3) is 7.59. The Hall–Kier alpha value is -2.35. The fourth-order valence-corrected chi connectivity index (χ4v) is 4.56. The SMILES string of the molecule is CC(C)N(CC1CCCN(CC(=O)N2CCN(c3ccccn3)CC2)C1)C(=O)OC(C)(C)C. The molecule has 0 N–H and O–H groups in total. The lowest BCUT2D eigenvalue weighted by atomic mass is 9.97. The summed E-state index contributed by atoms with van der Waals surface area (Å²) >= 11 is 0. The lowest BCUT2D eigenvalue weighted by molar-refractivity contribution is -0.133. The number of likely N-dealkylation sites (tertiary alicyclic amines) is 1. The monoisotopic (exact) mass is 459 g/mol. The van der Waals surface area contributed by atoms with E-state index in [1.54, 1.807) is 0 Å². The van der Waals surface area contributed by atoms with Crippen LogP contribution in [0.4, 0.5) is 10.6 Å². The number of nitrogens with zero attached hydrogens (tertiary/aromatic N) is 5. The zero-order valence-electron chi connectivity index (χ0n) is 21.0. The van der Waals surface area contributed by atoms with Crippen molar-refractivity contribution in [3.8, 4) is 0 Å². The van der Waals surface area contributed by atoms with E-state index in [4.69, 9.17) is 4.74 Å². The third-order valence-electron chi connectivity index (χ3n) is 6.27. The van der Waals surface area contributed by atoms with Gasteiger partial charge in [-0.25, -0.2) is 9.78 Å². The summed E-state index contributed by atoms with van der Waals surface area (Å²) in [5, 5.41) is 0. The number of pyridine rings is 1. The number of rotatable bonds is 6. The third-order valence-corrected chi connectivity index (χ3v) is 6.27. The highest BCUT2D eigenvalue weighted by Gasteiger charge is 2.30. The second-order valence-corrected chi connectivity index (χ2v) is 10.5. The molecular weight excluding hydrogens is 418 g/mol. The van der Waals surface area contributed by atoms with Crippen LogP contribution in [0.25, 0.3) is 0 Å². The van der Waals surface area contributed by atoms with Crippen LogP contribution < -0.4 is 4.90 Å². The first-order chi connectivity index (χ1) is 15.6. The molecule has 184 valence electrons. The van der Waals surface area contributed by atoms with Gasteiger partial charge in [-0.3, -0.25) is 9.69 Å². The van der Waals surface area contributed by atoms with E-state index in [1.165, 1.54) is 0 Å². The van der Waals surface area contributed by atoms with Gasteiger partial charge in [-0.05, 0) is 72.1 Å². The maximum atomic E-state index is 13.0. The highest BCUT2D eigenvalue weighted by molar-refractivity contribution is 5.78. The Morgan fingerprint density at radius 1 is 1.15 bits per heavy atom. The van der Waals surface area contributed by atoms with E-state index in [9.17, 15) is 9.59 Å². The Kier molecular flexibility index (Phi) is 8.57. The van der Waals surface area contributed by atoms with Crippen molar-refractivity contribution in [2.45, 2.75) is 59.1 Å². The first kappa shape index (κ1) is 25.3. The van der Waals surface area contributed by atoms with E-state index in [0.29, 0.717) is 19.0 Å². The van der Waals surface area contributed by atoms with Crippen molar-refractivity contribution in [3.63, 3.8) is 0 Å². The van der Waals surface area contributed by atoms with Crippen molar-refractivity contribution >= 4 is 17.8 Å². The van der Waals surface area contributed by atoms with Crippen LogP contribution in [0.5, 0.6) is 0 Å². The van der Waals surface area contributed by atoms with Gasteiger partial charge in [0.15, 0.2) is 0 Å². The summed E-state index contributed by atoms with van der Waals surface area (Å²) in [7, 11) is 0. The molecule has 0 spiro atoms. The van der Waals surface area contributed by atoms with Crippen LogP contribution >= 0.6 is 0 Å². The highest BCUT2D eigenvalue weighted by atomic mass is 16.6. The molecule has 1 aromatic heterocycles. The normalized spacial score (nSPS) is 20.1. The summed E-state index contributed by atoms with van der Waals surface area (Å²) in [5.74, 6) is 1.52. The second-order valence-electron chi connectivity index (χ2n) is 10.5. The minimum atomic E-state index is -0.504. The minimum Gasteiger partial charge on any atom is -0.444 e. The van der Waals surface area contributed by atoms with Gasteiger partial charge in [0.25, 0.3) is 0 Å². The predicted molar refractivity (Wildman–Crippen MR) is 130 cm³/mol. The van der Waals surface area contributed by atoms with E-state index in [-0.39, 0.29) is 18.0 Å². The highest BCUT2D eigenvalue weighted by Crippen LogP contribution is 2.21. The molecule has 0 saturated carbocycles. The first-order valence-electron chi connectivity index (χ1n) is 12.3. The summed E-state index contributed by atoms with van der Waals surface area (Å²) < 4.78 is 5.62. The molecule has 8 nitrogen and oxygen atoms in total. The molecule has 0 aromatic carbocycles. The van der Waals surface area contributed by atoms with Crippen molar-refractivity contribution < 1.29 is 14.3 Å². The lowest BCUT2D eigenvalue weighted by Gasteiger charge is -2.39. The average Bonchev–Trinajstić information content (AvgIpc) is 2.77. The second kappa shape index (κ2) is 11.2. The standard InChI is InChI=1S/C25H41N5O3/c1-20(2)30(24(32)33-25(3,4)5)18-21-9-8-12-27(17-21)19-23(31)29-15-13-28(14-16-29)22-10-6-7-11-26-22/h6-7,10-11,20-21H,8-9,12-19H2,1-5H3. The summed E-state index contributed by atoms with van der Waals surface area (Å²) in [6.45, 7) is 15.7. The molecule has 1 aromatic rings. The van der Waals surface area contributed by atoms with Gasteiger partial charge in [-0.15, -0.1) is 0 Å². The van der Waals surface area contributed by atoms with Gasteiger partial charge in [0.2, 0.25) is 5.91 Å². The number of piperazine rings is 1. The van der Waals surface area contributed by atoms with Gasteiger partial charge < -0.3 is 19.4 Å². The topological polar surface area (TPSA) is 69.2 Å². The fourth-order valence-electron chi connectivity index (χ4n) is 4.56. The molecule has 3 heterocycles. The molecule has 0 radical (unpaired) electrons. The summed E-state index contributed by atoms with van der Waals surface area (Å²) in [6.07, 6.45) is 3.67. The van der Waals surface area contributed by atoms with Gasteiger partial charge in [-0.2, -0.15) is 0 Å². The van der Waals surface area contributed by atoms with Crippen molar-refractivity contribution in [1.82, 2.24) is 19.7 Å². The molecular formula is C25H41N5O3. The van der Waals surface area contributed by atoms with Crippen molar-refractivity contribution in [1.29, 1.82) is 0 Å². The Bertz CT molecular complexity index is 772. The number of ether oxygens (including phenoxy) is 1. The smallest absolute Gasteiger partial charge is 0.410 e. The number of amides is 2. The van der Waals surface area contributed by atoms with Gasteiger partial charge in [0.1, 0.15) is 11.4 Å². The van der Waals surface area contributed by atoms with E-state index >= 15 is 0 Å². The Labute approximate surface area is 198 Å². The van der Waals surface area contributed by atoms with Crippen LogP contribution in [0.1, 0.15) is 47.5 Å². The minimum absolute atomic E-state index is 0.0762. The van der Waals surface area contributed by atoms with Crippen LogP contribution in [0.3, 0.4) is 0 Å². The molecule has 2 amide bonds. The molecule has 3 rings (SSSR count). The molecule has 0 bridgehead atoms. The molecule has 2 aliphatic rings. The van der Waals surface area contributed by atoms with Crippen LogP contribution in [-0.2, 0) is 9.53 Å². The Morgan fingerprint density at radius 2 is 1.88 bits per heavy atom. The maximum absolute atomic E-state index is 13.0. The summed E-state index contributed by atoms with van der Waals surface area (Å²) in [5.41, 5.74) is -0.504. The van der Waals surface area contributed by atoms with Crippen LogP contribution in [0.2, 0.25) is 0 Å². The average molecular weight is 460 g/mol. The van der Waals surface area contributed by atoms with E-state index in [2.05, 4.69) is 14.8 Å². The number of hydrogen-bond acceptors (Lipinski definition) is 6. The maximum Gasteiger partial charge on any atom is 0.410 e. The quantitative estimate of drug-likeness (QED) is 0.651. The molecule has 33 heavy (non-hydrogen) atoms. The van der Waals surface area contributed by atoms with Crippen LogP contribution in [0.15, 0.2) is 24.4 Å². The molecule has 8 heteroatoms. The van der Waals surface area contributed by atoms with E-state index in [1.807, 2.05) is 68.8 Å². The first-order valence-corrected chi connectivity index (χ1v) is 12.3. The number of carbonyl (C=O) groups is 2. The van der Waals surface area contributed by atoms with Gasteiger partial charge >= 0.3 is 6.09 Å². The van der Waals surface area contributed by atoms with Crippen molar-refractivity contribution in [2.75, 3.05) is 57.3 Å².